The van der Waals surface area contributed by atoms with Gasteiger partial charge < -0.3 is 4.74 Å². The van der Waals surface area contributed by atoms with Crippen molar-refractivity contribution >= 4 is 16.1 Å². The second-order valence-electron chi connectivity index (χ2n) is 4.09. The Bertz CT molecular complexity index is 373. The summed E-state index contributed by atoms with van der Waals surface area (Å²) >= 11 is 0. The number of hydrogen-bond acceptors (Lipinski definition) is 4. The van der Waals surface area contributed by atoms with Crippen molar-refractivity contribution in [2.45, 2.75) is 37.4 Å². The number of halogens is 2. The second-order valence-corrected chi connectivity index (χ2v) is 5.56. The molecule has 0 amide bonds. The fourth-order valence-electron chi connectivity index (χ4n) is 1.74. The molecule has 100 valence electrons. The van der Waals surface area contributed by atoms with Crippen molar-refractivity contribution in [1.82, 2.24) is 0 Å². The number of carbonyl (C=O) groups is 1. The predicted octanol–water partition coefficient (Wildman–Crippen LogP) is 1.59. The maximum Gasteiger partial charge on any atom is 0.465 e. The predicted molar refractivity (Wildman–Crippen MR) is 54.0 cm³/mol. The highest BCUT2D eigenvalue weighted by Gasteiger charge is 2.54. The van der Waals surface area contributed by atoms with E-state index in [-0.39, 0.29) is 12.5 Å². The van der Waals surface area contributed by atoms with Crippen molar-refractivity contribution in [3.8, 4) is 0 Å². The van der Waals surface area contributed by atoms with Crippen molar-refractivity contribution in [1.29, 1.82) is 0 Å². The summed E-state index contributed by atoms with van der Waals surface area (Å²) in [4.78, 5) is 10.8. The standard InChI is InChI=1S/C9H14F2O5S/c10-9(11,17(13,14)15)8(12)16-6-7-4-2-1-3-5-7/h7H,1-6H2,(H,13,14,15). The third-order valence-electron chi connectivity index (χ3n) is 2.74. The first-order chi connectivity index (χ1) is 7.75. The van der Waals surface area contributed by atoms with Crippen molar-refractivity contribution in [2.75, 3.05) is 6.61 Å². The number of esters is 1. The SMILES string of the molecule is O=C(OCC1CCCCC1)C(F)(F)S(=O)(=O)O. The van der Waals surface area contributed by atoms with Crippen molar-refractivity contribution < 1.29 is 31.3 Å². The van der Waals surface area contributed by atoms with Crippen LogP contribution in [0.5, 0.6) is 0 Å². The Kier molecular flexibility index (Phi) is 4.42. The molecule has 0 saturated heterocycles. The molecule has 0 aromatic heterocycles. The Morgan fingerprint density at radius 2 is 1.82 bits per heavy atom. The van der Waals surface area contributed by atoms with E-state index in [4.69, 9.17) is 4.55 Å². The molecule has 1 saturated carbocycles. The van der Waals surface area contributed by atoms with Gasteiger partial charge in [0.05, 0.1) is 6.61 Å². The quantitative estimate of drug-likeness (QED) is 0.621. The lowest BCUT2D eigenvalue weighted by Gasteiger charge is -2.21. The average molecular weight is 272 g/mol. The van der Waals surface area contributed by atoms with Gasteiger partial charge in [0.15, 0.2) is 0 Å². The molecular weight excluding hydrogens is 258 g/mol. The highest BCUT2D eigenvalue weighted by molar-refractivity contribution is 7.87. The molecule has 0 aromatic rings. The Morgan fingerprint density at radius 1 is 1.29 bits per heavy atom. The maximum absolute atomic E-state index is 12.8. The molecule has 1 aliphatic rings. The molecule has 1 rings (SSSR count). The lowest BCUT2D eigenvalue weighted by Crippen LogP contribution is -2.39. The smallest absolute Gasteiger partial charge is 0.460 e. The second kappa shape index (κ2) is 5.26. The zero-order valence-corrected chi connectivity index (χ0v) is 9.88. The van der Waals surface area contributed by atoms with Crippen LogP contribution in [0.25, 0.3) is 0 Å². The molecule has 17 heavy (non-hydrogen) atoms. The first-order valence-electron chi connectivity index (χ1n) is 5.27. The fourth-order valence-corrected chi connectivity index (χ4v) is 2.01. The molecule has 0 aliphatic heterocycles. The molecule has 0 radical (unpaired) electrons. The van der Waals surface area contributed by atoms with Crippen LogP contribution in [0.3, 0.4) is 0 Å². The van der Waals surface area contributed by atoms with E-state index >= 15 is 0 Å². The summed E-state index contributed by atoms with van der Waals surface area (Å²) in [6.07, 6.45) is 4.48. The van der Waals surface area contributed by atoms with E-state index in [1.54, 1.807) is 0 Å². The number of ether oxygens (including phenoxy) is 1. The summed E-state index contributed by atoms with van der Waals surface area (Å²) < 4.78 is 58.5. The van der Waals surface area contributed by atoms with Crippen LogP contribution in [0, 0.1) is 5.92 Å². The summed E-state index contributed by atoms with van der Waals surface area (Å²) in [7, 11) is -5.76. The Labute approximate surface area is 97.9 Å². The molecule has 0 heterocycles. The summed E-state index contributed by atoms with van der Waals surface area (Å²) in [5.41, 5.74) is 0. The van der Waals surface area contributed by atoms with Crippen LogP contribution in [0.15, 0.2) is 0 Å². The van der Waals surface area contributed by atoms with Crippen LogP contribution < -0.4 is 0 Å². The minimum Gasteiger partial charge on any atom is -0.460 e. The van der Waals surface area contributed by atoms with Gasteiger partial charge in [0.2, 0.25) is 0 Å². The molecule has 0 atom stereocenters. The number of carbonyl (C=O) groups excluding carboxylic acids is 1. The third kappa shape index (κ3) is 3.60. The normalized spacial score (nSPS) is 19.0. The topological polar surface area (TPSA) is 80.7 Å². The lowest BCUT2D eigenvalue weighted by atomic mass is 9.90. The highest BCUT2D eigenvalue weighted by Crippen LogP contribution is 2.26. The minimum atomic E-state index is -5.76. The van der Waals surface area contributed by atoms with Gasteiger partial charge in [-0.1, -0.05) is 19.3 Å². The van der Waals surface area contributed by atoms with Crippen LogP contribution in [0.4, 0.5) is 8.78 Å². The highest BCUT2D eigenvalue weighted by atomic mass is 32.2. The first-order valence-corrected chi connectivity index (χ1v) is 6.71. The van der Waals surface area contributed by atoms with E-state index in [1.165, 1.54) is 0 Å². The Hall–Kier alpha value is -0.760. The van der Waals surface area contributed by atoms with Gasteiger partial charge in [-0.2, -0.15) is 17.2 Å². The lowest BCUT2D eigenvalue weighted by molar-refractivity contribution is -0.163. The van der Waals surface area contributed by atoms with E-state index in [2.05, 4.69) is 4.74 Å². The molecule has 1 aliphatic carbocycles. The van der Waals surface area contributed by atoms with Crippen molar-refractivity contribution in [3.63, 3.8) is 0 Å². The van der Waals surface area contributed by atoms with Gasteiger partial charge in [-0.3, -0.25) is 4.55 Å². The molecule has 8 heteroatoms. The van der Waals surface area contributed by atoms with Gasteiger partial charge >= 0.3 is 21.3 Å². The van der Waals surface area contributed by atoms with Crippen LogP contribution in [0.2, 0.25) is 0 Å². The first kappa shape index (κ1) is 14.3. The maximum atomic E-state index is 12.8. The zero-order valence-electron chi connectivity index (χ0n) is 9.06. The third-order valence-corrected chi connectivity index (χ3v) is 3.55. The van der Waals surface area contributed by atoms with Gasteiger partial charge in [0, 0.05) is 0 Å². The molecule has 1 fully saturated rings. The molecule has 0 aromatic carbocycles. The number of hydrogen-bond donors (Lipinski definition) is 1. The molecule has 5 nitrogen and oxygen atoms in total. The van der Waals surface area contributed by atoms with E-state index in [1.807, 2.05) is 0 Å². The van der Waals surface area contributed by atoms with Crippen LogP contribution >= 0.6 is 0 Å². The largest absolute Gasteiger partial charge is 0.465 e. The fraction of sp³-hybridized carbons (Fsp3) is 0.889. The van der Waals surface area contributed by atoms with Crippen LogP contribution in [-0.4, -0.2) is 30.8 Å². The van der Waals surface area contributed by atoms with Gasteiger partial charge in [-0.25, -0.2) is 4.79 Å². The van der Waals surface area contributed by atoms with E-state index < -0.39 is 21.3 Å². The average Bonchev–Trinajstić information content (AvgIpc) is 2.25. The van der Waals surface area contributed by atoms with Crippen molar-refractivity contribution in [2.24, 2.45) is 5.92 Å². The summed E-state index contributed by atoms with van der Waals surface area (Å²) in [5, 5.41) is -4.89. The number of rotatable bonds is 4. The molecule has 1 N–H and O–H groups in total. The zero-order chi connectivity index (χ0) is 13.1. The van der Waals surface area contributed by atoms with Gasteiger partial charge in [-0.15, -0.1) is 0 Å². The molecule has 0 spiro atoms. The van der Waals surface area contributed by atoms with E-state index in [0.29, 0.717) is 0 Å². The minimum absolute atomic E-state index is 0.00935. The van der Waals surface area contributed by atoms with Crippen LogP contribution in [-0.2, 0) is 19.6 Å². The molecule has 0 unspecified atom stereocenters. The monoisotopic (exact) mass is 272 g/mol. The molecular formula is C9H14F2O5S. The summed E-state index contributed by atoms with van der Waals surface area (Å²) in [5.74, 6) is -2.23. The van der Waals surface area contributed by atoms with E-state index in [9.17, 15) is 22.0 Å². The van der Waals surface area contributed by atoms with Gasteiger partial charge in [0.1, 0.15) is 0 Å². The van der Waals surface area contributed by atoms with Gasteiger partial charge in [-0.05, 0) is 18.8 Å². The Morgan fingerprint density at radius 3 is 2.29 bits per heavy atom. The summed E-state index contributed by atoms with van der Waals surface area (Å²) in [6, 6.07) is 0. The van der Waals surface area contributed by atoms with Crippen molar-refractivity contribution in [3.05, 3.63) is 0 Å². The summed E-state index contributed by atoms with van der Waals surface area (Å²) in [6.45, 7) is -0.232. The van der Waals surface area contributed by atoms with Gasteiger partial charge in [0.25, 0.3) is 0 Å². The molecule has 0 bridgehead atoms. The Balaban J connectivity index is 2.49. The van der Waals surface area contributed by atoms with Crippen LogP contribution in [0.1, 0.15) is 32.1 Å². The van der Waals surface area contributed by atoms with E-state index in [0.717, 1.165) is 32.1 Å². The number of alkyl halides is 2.